The fourth-order valence-electron chi connectivity index (χ4n) is 3.61. The molecule has 3 aromatic rings. The summed E-state index contributed by atoms with van der Waals surface area (Å²) in [5, 5.41) is 8.30. The first-order valence-corrected chi connectivity index (χ1v) is 9.78. The van der Waals surface area contributed by atoms with Crippen molar-refractivity contribution in [1.29, 1.82) is 0 Å². The number of alkyl halides is 3. The van der Waals surface area contributed by atoms with Crippen LogP contribution < -0.4 is 4.74 Å². The molecular formula is C21H20F3N5O2. The van der Waals surface area contributed by atoms with E-state index in [1.165, 1.54) is 10.9 Å². The second kappa shape index (κ2) is 8.37. The number of hydrogen-bond acceptors (Lipinski definition) is 5. The van der Waals surface area contributed by atoms with E-state index in [-0.39, 0.29) is 17.9 Å². The van der Waals surface area contributed by atoms with Crippen molar-refractivity contribution >= 4 is 5.91 Å². The Morgan fingerprint density at radius 3 is 2.61 bits per heavy atom. The van der Waals surface area contributed by atoms with Gasteiger partial charge in [-0.15, -0.1) is 0 Å². The quantitative estimate of drug-likeness (QED) is 0.630. The molecule has 0 radical (unpaired) electrons. The third-order valence-corrected chi connectivity index (χ3v) is 5.10. The van der Waals surface area contributed by atoms with Crippen molar-refractivity contribution in [1.82, 2.24) is 24.9 Å². The van der Waals surface area contributed by atoms with Crippen molar-refractivity contribution in [2.45, 2.75) is 32.0 Å². The number of para-hydroxylation sites is 1. The van der Waals surface area contributed by atoms with Gasteiger partial charge in [0.15, 0.2) is 0 Å². The summed E-state index contributed by atoms with van der Waals surface area (Å²) in [6.07, 6.45) is 0.404. The van der Waals surface area contributed by atoms with Gasteiger partial charge in [0.2, 0.25) is 5.88 Å². The minimum atomic E-state index is -4.45. The molecule has 2 aromatic heterocycles. The number of carbonyl (C=O) groups excluding carboxylic acids is 1. The molecule has 162 valence electrons. The van der Waals surface area contributed by atoms with Gasteiger partial charge in [0.25, 0.3) is 5.91 Å². The zero-order valence-corrected chi connectivity index (χ0v) is 16.7. The van der Waals surface area contributed by atoms with Crippen molar-refractivity contribution < 1.29 is 22.7 Å². The molecule has 3 heterocycles. The average Bonchev–Trinajstić information content (AvgIpc) is 3.27. The largest absolute Gasteiger partial charge is 0.472 e. The fraction of sp³-hybridized carbons (Fsp3) is 0.333. The molecule has 1 aromatic carbocycles. The van der Waals surface area contributed by atoms with Crippen molar-refractivity contribution in [3.05, 3.63) is 65.6 Å². The van der Waals surface area contributed by atoms with Crippen LogP contribution in [0, 0.1) is 6.92 Å². The Kier molecular flexibility index (Phi) is 5.62. The maximum atomic E-state index is 13.3. The molecule has 4 rings (SSSR count). The molecule has 1 atom stereocenters. The number of hydrogen-bond donors (Lipinski definition) is 0. The van der Waals surface area contributed by atoms with Gasteiger partial charge >= 0.3 is 6.18 Å². The lowest BCUT2D eigenvalue weighted by Crippen LogP contribution is -2.44. The Bertz CT molecular complexity index is 1050. The van der Waals surface area contributed by atoms with Gasteiger partial charge in [0.1, 0.15) is 11.8 Å². The monoisotopic (exact) mass is 431 g/mol. The molecule has 1 amide bonds. The molecule has 0 saturated carbocycles. The number of pyridine rings is 1. The molecule has 0 N–H and O–H groups in total. The Balaban J connectivity index is 1.49. The van der Waals surface area contributed by atoms with Gasteiger partial charge in [-0.1, -0.05) is 12.1 Å². The predicted octanol–water partition coefficient (Wildman–Crippen LogP) is 3.67. The fourth-order valence-corrected chi connectivity index (χ4v) is 3.61. The molecule has 1 aliphatic heterocycles. The first-order chi connectivity index (χ1) is 14.8. The molecule has 10 heteroatoms. The summed E-state index contributed by atoms with van der Waals surface area (Å²) in [5.74, 6) is -0.0750. The average molecular weight is 431 g/mol. The van der Waals surface area contributed by atoms with Gasteiger partial charge in [-0.3, -0.25) is 4.79 Å². The number of aryl methyl sites for hydroxylation is 1. The van der Waals surface area contributed by atoms with Crippen LogP contribution in [0.1, 0.15) is 34.3 Å². The topological polar surface area (TPSA) is 73.1 Å². The van der Waals surface area contributed by atoms with Crippen LogP contribution in [0.15, 0.2) is 48.9 Å². The highest BCUT2D eigenvalue weighted by atomic mass is 19.4. The van der Waals surface area contributed by atoms with E-state index in [1.807, 2.05) is 13.0 Å². The van der Waals surface area contributed by atoms with E-state index in [0.29, 0.717) is 37.2 Å². The molecular weight excluding hydrogens is 411 g/mol. The Hall–Kier alpha value is -3.43. The van der Waals surface area contributed by atoms with E-state index < -0.39 is 11.7 Å². The molecule has 7 nitrogen and oxygen atoms in total. The summed E-state index contributed by atoms with van der Waals surface area (Å²) in [6.45, 7) is 2.74. The molecule has 0 bridgehead atoms. The van der Waals surface area contributed by atoms with Crippen LogP contribution in [-0.4, -0.2) is 50.0 Å². The first-order valence-electron chi connectivity index (χ1n) is 9.78. The van der Waals surface area contributed by atoms with Gasteiger partial charge in [-0.2, -0.15) is 28.2 Å². The number of piperidine rings is 1. The smallest absolute Gasteiger partial charge is 0.417 e. The minimum absolute atomic E-state index is 0.101. The Morgan fingerprint density at radius 2 is 1.94 bits per heavy atom. The third-order valence-electron chi connectivity index (χ3n) is 5.10. The zero-order valence-electron chi connectivity index (χ0n) is 16.7. The Morgan fingerprint density at radius 1 is 1.16 bits per heavy atom. The van der Waals surface area contributed by atoms with Crippen molar-refractivity contribution in [2.24, 2.45) is 0 Å². The summed E-state index contributed by atoms with van der Waals surface area (Å²) in [7, 11) is 0. The van der Waals surface area contributed by atoms with Gasteiger partial charge in [-0.25, -0.2) is 4.98 Å². The lowest BCUT2D eigenvalue weighted by atomic mass is 10.0. The molecule has 0 spiro atoms. The maximum Gasteiger partial charge on any atom is 0.417 e. The number of ether oxygens (including phenoxy) is 1. The zero-order chi connectivity index (χ0) is 22.0. The maximum absolute atomic E-state index is 13.3. The van der Waals surface area contributed by atoms with E-state index in [9.17, 15) is 18.0 Å². The molecule has 0 aliphatic carbocycles. The molecule has 1 saturated heterocycles. The molecule has 0 unspecified atom stereocenters. The van der Waals surface area contributed by atoms with Crippen LogP contribution in [0.2, 0.25) is 0 Å². The van der Waals surface area contributed by atoms with Gasteiger partial charge in [0, 0.05) is 18.8 Å². The molecule has 31 heavy (non-hydrogen) atoms. The van der Waals surface area contributed by atoms with E-state index in [2.05, 4.69) is 15.2 Å². The number of benzene rings is 1. The number of amides is 1. The van der Waals surface area contributed by atoms with Gasteiger partial charge in [0.05, 0.1) is 30.1 Å². The first kappa shape index (κ1) is 20.8. The summed E-state index contributed by atoms with van der Waals surface area (Å²) < 4.78 is 43.9. The number of halogens is 3. The highest BCUT2D eigenvalue weighted by Gasteiger charge is 2.31. The van der Waals surface area contributed by atoms with Crippen LogP contribution in [0.3, 0.4) is 0 Å². The predicted molar refractivity (Wildman–Crippen MR) is 105 cm³/mol. The highest BCUT2D eigenvalue weighted by Crippen LogP contribution is 2.29. The lowest BCUT2D eigenvalue weighted by Gasteiger charge is -2.33. The third kappa shape index (κ3) is 4.52. The van der Waals surface area contributed by atoms with E-state index >= 15 is 0 Å². The summed E-state index contributed by atoms with van der Waals surface area (Å²) in [5.41, 5.74) is 1.12. The normalized spacial score (nSPS) is 16.9. The van der Waals surface area contributed by atoms with Crippen molar-refractivity contribution in [3.8, 4) is 11.6 Å². The highest BCUT2D eigenvalue weighted by molar-refractivity contribution is 5.98. The number of carbonyl (C=O) groups is 1. The Labute approximate surface area is 176 Å². The minimum Gasteiger partial charge on any atom is -0.472 e. The van der Waals surface area contributed by atoms with E-state index in [4.69, 9.17) is 4.74 Å². The second-order valence-corrected chi connectivity index (χ2v) is 7.31. The second-order valence-electron chi connectivity index (χ2n) is 7.31. The molecule has 1 aliphatic rings. The number of rotatable bonds is 4. The van der Waals surface area contributed by atoms with Crippen LogP contribution in [-0.2, 0) is 6.18 Å². The van der Waals surface area contributed by atoms with Crippen molar-refractivity contribution in [3.63, 3.8) is 0 Å². The number of aromatic nitrogens is 4. The summed E-state index contributed by atoms with van der Waals surface area (Å²) >= 11 is 0. The number of nitrogens with zero attached hydrogens (tertiary/aromatic N) is 5. The van der Waals surface area contributed by atoms with Crippen LogP contribution in [0.4, 0.5) is 13.2 Å². The standard InChI is InChI=1S/C21H20F3N5O2/c1-14-4-2-6-17(19(14)29-26-9-10-27-29)20(30)28-11-3-5-16(13-28)31-18-8-7-15(12-25-18)21(22,23)24/h2,4,6-10,12,16H,3,5,11,13H2,1H3/t16-/m1/s1. The lowest BCUT2D eigenvalue weighted by molar-refractivity contribution is -0.137. The van der Waals surface area contributed by atoms with Crippen LogP contribution in [0.25, 0.3) is 5.69 Å². The SMILES string of the molecule is Cc1cccc(C(=O)N2CCC[C@@H](Oc3ccc(C(F)(F)F)cn3)C2)c1-n1nccn1. The molecule has 1 fully saturated rings. The number of likely N-dealkylation sites (tertiary alicyclic amines) is 1. The van der Waals surface area contributed by atoms with Gasteiger partial charge in [-0.05, 0) is 37.5 Å². The van der Waals surface area contributed by atoms with Crippen LogP contribution >= 0.6 is 0 Å². The summed E-state index contributed by atoms with van der Waals surface area (Å²) in [6, 6.07) is 7.55. The van der Waals surface area contributed by atoms with E-state index in [0.717, 1.165) is 17.8 Å². The van der Waals surface area contributed by atoms with Gasteiger partial charge < -0.3 is 9.64 Å². The summed E-state index contributed by atoms with van der Waals surface area (Å²) in [4.78, 5) is 20.1. The van der Waals surface area contributed by atoms with Crippen molar-refractivity contribution in [2.75, 3.05) is 13.1 Å². The van der Waals surface area contributed by atoms with Crippen LogP contribution in [0.5, 0.6) is 5.88 Å². The van der Waals surface area contributed by atoms with E-state index in [1.54, 1.807) is 29.4 Å².